The first-order valence-electron chi connectivity index (χ1n) is 10.2. The van der Waals surface area contributed by atoms with Crippen LogP contribution in [-0.2, 0) is 9.53 Å². The van der Waals surface area contributed by atoms with E-state index in [9.17, 15) is 15.3 Å². The van der Waals surface area contributed by atoms with Crippen molar-refractivity contribution in [2.45, 2.75) is 36.2 Å². The quantitative estimate of drug-likeness (QED) is 0.434. The van der Waals surface area contributed by atoms with Crippen LogP contribution in [0, 0.1) is 22.7 Å². The molecule has 0 aromatic heterocycles. The molecule has 6 heteroatoms. The van der Waals surface area contributed by atoms with E-state index in [1.54, 1.807) is 11.8 Å². The Morgan fingerprint density at radius 3 is 2.50 bits per heavy atom. The summed E-state index contributed by atoms with van der Waals surface area (Å²) in [6.07, 6.45) is 4.42. The Kier molecular flexibility index (Phi) is 5.65. The lowest BCUT2D eigenvalue weighted by molar-refractivity contribution is -0.104. The van der Waals surface area contributed by atoms with Crippen LogP contribution >= 0.6 is 11.8 Å². The van der Waals surface area contributed by atoms with E-state index in [0.717, 1.165) is 17.0 Å². The molecule has 5 nitrogen and oxygen atoms in total. The lowest BCUT2D eigenvalue weighted by atomic mass is 9.94. The van der Waals surface area contributed by atoms with Crippen molar-refractivity contribution in [2.75, 3.05) is 11.4 Å². The number of carbonyl (C=O) groups excluding carboxylic acids is 1. The average molecular weight is 440 g/mol. The molecule has 0 saturated heterocycles. The summed E-state index contributed by atoms with van der Waals surface area (Å²) in [5.41, 5.74) is 3.21. The van der Waals surface area contributed by atoms with Crippen LogP contribution < -0.4 is 4.90 Å². The number of allylic oxidation sites excluding steroid dienone is 2. The Morgan fingerprint density at radius 2 is 1.81 bits per heavy atom. The van der Waals surface area contributed by atoms with Gasteiger partial charge in [0.2, 0.25) is 0 Å². The summed E-state index contributed by atoms with van der Waals surface area (Å²) in [4.78, 5) is 16.5. The molecule has 0 atom stereocenters. The van der Waals surface area contributed by atoms with Crippen LogP contribution in [-0.4, -0.2) is 18.4 Å². The fourth-order valence-corrected chi connectivity index (χ4v) is 5.15. The maximum absolute atomic E-state index is 11.8. The lowest BCUT2D eigenvalue weighted by Crippen LogP contribution is -2.20. The minimum absolute atomic E-state index is 0.0471. The molecule has 0 aliphatic carbocycles. The first-order valence-corrected chi connectivity index (χ1v) is 11.1. The van der Waals surface area contributed by atoms with Gasteiger partial charge in [-0.1, -0.05) is 42.1 Å². The van der Waals surface area contributed by atoms with Gasteiger partial charge in [-0.2, -0.15) is 10.5 Å². The molecule has 0 N–H and O–H groups in total. The molecule has 0 spiro atoms. The number of rotatable bonds is 4. The third kappa shape index (κ3) is 3.60. The zero-order valence-corrected chi connectivity index (χ0v) is 18.9. The van der Waals surface area contributed by atoms with Gasteiger partial charge in [-0.3, -0.25) is 4.79 Å². The molecule has 0 unspecified atom stereocenters. The molecular formula is C26H21N3O2S. The van der Waals surface area contributed by atoms with E-state index in [-0.39, 0.29) is 16.9 Å². The van der Waals surface area contributed by atoms with Crippen molar-refractivity contribution in [1.29, 1.82) is 10.5 Å². The van der Waals surface area contributed by atoms with Crippen LogP contribution in [0.4, 0.5) is 11.4 Å². The van der Waals surface area contributed by atoms with E-state index >= 15 is 0 Å². The molecule has 0 fully saturated rings. The van der Waals surface area contributed by atoms with Gasteiger partial charge in [0, 0.05) is 21.9 Å². The van der Waals surface area contributed by atoms with Gasteiger partial charge in [0.1, 0.15) is 17.7 Å². The van der Waals surface area contributed by atoms with Gasteiger partial charge < -0.3 is 9.64 Å². The largest absolute Gasteiger partial charge is 0.480 e. The summed E-state index contributed by atoms with van der Waals surface area (Å²) in [6.45, 7) is 6.64. The molecule has 32 heavy (non-hydrogen) atoms. The number of benzene rings is 2. The van der Waals surface area contributed by atoms with E-state index in [4.69, 9.17) is 4.74 Å². The normalized spacial score (nSPS) is 16.2. The first-order chi connectivity index (χ1) is 15.4. The van der Waals surface area contributed by atoms with Crippen molar-refractivity contribution in [2.24, 2.45) is 0 Å². The predicted molar refractivity (Wildman–Crippen MR) is 125 cm³/mol. The van der Waals surface area contributed by atoms with Crippen LogP contribution in [0.25, 0.3) is 6.08 Å². The molecular weight excluding hydrogens is 418 g/mol. The van der Waals surface area contributed by atoms with Gasteiger partial charge in [-0.15, -0.1) is 0 Å². The number of nitrogens with zero attached hydrogens (tertiary/aromatic N) is 3. The van der Waals surface area contributed by atoms with Crippen molar-refractivity contribution in [3.05, 3.63) is 76.6 Å². The second-order valence-corrected chi connectivity index (χ2v) is 8.94. The number of hydrogen-bond donors (Lipinski definition) is 0. The fourth-order valence-electron chi connectivity index (χ4n) is 4.01. The monoisotopic (exact) mass is 439 g/mol. The SMILES string of the molecule is CCN1c2ccccc2Sc2cc(/C=C/C3=C(C=O)C(=C(C#N)C#N)OC3(C)C)ccc21. The number of para-hydroxylation sites is 1. The summed E-state index contributed by atoms with van der Waals surface area (Å²) in [6, 6.07) is 18.3. The highest BCUT2D eigenvalue weighted by molar-refractivity contribution is 7.99. The molecule has 158 valence electrons. The summed E-state index contributed by atoms with van der Waals surface area (Å²) < 4.78 is 5.82. The van der Waals surface area contributed by atoms with E-state index in [1.807, 2.05) is 50.3 Å². The molecule has 0 bridgehead atoms. The van der Waals surface area contributed by atoms with E-state index in [2.05, 4.69) is 42.2 Å². The van der Waals surface area contributed by atoms with Gasteiger partial charge in [0.05, 0.1) is 16.9 Å². The Labute approximate surface area is 191 Å². The highest BCUT2D eigenvalue weighted by Crippen LogP contribution is 2.48. The van der Waals surface area contributed by atoms with Crippen LogP contribution in [0.3, 0.4) is 0 Å². The highest BCUT2D eigenvalue weighted by Gasteiger charge is 2.38. The molecule has 2 aromatic carbocycles. The topological polar surface area (TPSA) is 77.1 Å². The summed E-state index contributed by atoms with van der Waals surface area (Å²) in [7, 11) is 0. The van der Waals surface area contributed by atoms with Gasteiger partial charge in [0.25, 0.3) is 0 Å². The van der Waals surface area contributed by atoms with Crippen LogP contribution in [0.1, 0.15) is 26.3 Å². The number of aldehydes is 1. The zero-order valence-electron chi connectivity index (χ0n) is 18.0. The van der Waals surface area contributed by atoms with Gasteiger partial charge >= 0.3 is 0 Å². The molecule has 0 saturated carbocycles. The van der Waals surface area contributed by atoms with E-state index in [0.29, 0.717) is 11.9 Å². The van der Waals surface area contributed by atoms with Crippen LogP contribution in [0.15, 0.2) is 80.8 Å². The van der Waals surface area contributed by atoms with Crippen molar-refractivity contribution in [3.63, 3.8) is 0 Å². The van der Waals surface area contributed by atoms with Gasteiger partial charge in [-0.05, 0) is 50.6 Å². The minimum atomic E-state index is -0.831. The minimum Gasteiger partial charge on any atom is -0.480 e. The number of nitriles is 2. The van der Waals surface area contributed by atoms with E-state index < -0.39 is 5.60 Å². The van der Waals surface area contributed by atoms with Crippen molar-refractivity contribution < 1.29 is 9.53 Å². The summed E-state index contributed by atoms with van der Waals surface area (Å²) in [5.74, 6) is 0.0471. The molecule has 2 aliphatic rings. The number of fused-ring (bicyclic) bond motifs is 2. The van der Waals surface area contributed by atoms with Crippen molar-refractivity contribution in [3.8, 4) is 12.1 Å². The molecule has 2 heterocycles. The number of ether oxygens (including phenoxy) is 1. The second kappa shape index (κ2) is 8.42. The first kappa shape index (κ1) is 21.5. The smallest absolute Gasteiger partial charge is 0.172 e. The Balaban J connectivity index is 1.73. The number of carbonyl (C=O) groups is 1. The summed E-state index contributed by atoms with van der Waals surface area (Å²) in [5, 5.41) is 18.4. The van der Waals surface area contributed by atoms with Crippen molar-refractivity contribution in [1.82, 2.24) is 0 Å². The second-order valence-electron chi connectivity index (χ2n) is 7.86. The van der Waals surface area contributed by atoms with Gasteiger partial charge in [-0.25, -0.2) is 0 Å². The van der Waals surface area contributed by atoms with Crippen LogP contribution in [0.2, 0.25) is 0 Å². The fraction of sp³-hybridized carbons (Fsp3) is 0.192. The van der Waals surface area contributed by atoms with Gasteiger partial charge in [0.15, 0.2) is 17.6 Å². The molecule has 0 radical (unpaired) electrons. The highest BCUT2D eigenvalue weighted by atomic mass is 32.2. The third-order valence-corrected chi connectivity index (χ3v) is 6.63. The molecule has 4 rings (SSSR count). The lowest BCUT2D eigenvalue weighted by Gasteiger charge is -2.32. The van der Waals surface area contributed by atoms with Crippen molar-refractivity contribution >= 4 is 35.5 Å². The summed E-state index contributed by atoms with van der Waals surface area (Å²) >= 11 is 1.74. The van der Waals surface area contributed by atoms with E-state index in [1.165, 1.54) is 16.3 Å². The molecule has 2 aromatic rings. The Bertz CT molecular complexity index is 1270. The third-order valence-electron chi connectivity index (χ3n) is 5.52. The predicted octanol–water partition coefficient (Wildman–Crippen LogP) is 5.93. The number of anilines is 2. The van der Waals surface area contributed by atoms with Crippen LogP contribution in [0.5, 0.6) is 0 Å². The Hall–Kier alpha value is -3.74. The Morgan fingerprint density at radius 1 is 1.09 bits per heavy atom. The zero-order chi connectivity index (χ0) is 22.9. The number of hydrogen-bond acceptors (Lipinski definition) is 6. The molecule has 0 amide bonds. The maximum Gasteiger partial charge on any atom is 0.172 e. The average Bonchev–Trinajstić information content (AvgIpc) is 3.05. The maximum atomic E-state index is 11.8. The standard InChI is InChI=1S/C26H21N3O2S/c1-4-29-21-7-5-6-8-23(21)32-24-13-17(10-12-22(24)29)9-11-20-19(16-30)25(18(14-27)15-28)31-26(20,2)3/h5-13,16H,4H2,1-3H3/b11-9+. The molecule has 2 aliphatic heterocycles.